The number of fused-ring (bicyclic) bond motifs is 4. The Balaban J connectivity index is 0.000000173. The molecule has 8 aromatic heterocycles. The molecule has 806 valence electrons. The molecule has 0 amide bonds. The molecular formula is C114H150Cl4N20O12. The van der Waals surface area contributed by atoms with E-state index in [0.29, 0.717) is 109 Å². The summed E-state index contributed by atoms with van der Waals surface area (Å²) in [7, 11) is 0. The van der Waals surface area contributed by atoms with Crippen LogP contribution in [0.1, 0.15) is 285 Å². The number of nitrogens with one attached hydrogen (secondary N) is 4. The predicted octanol–water partition coefficient (Wildman–Crippen LogP) is 25.7. The number of benzene rings is 4. The first-order valence-corrected chi connectivity index (χ1v) is 55.3. The van der Waals surface area contributed by atoms with Gasteiger partial charge in [-0.2, -0.15) is 19.9 Å². The van der Waals surface area contributed by atoms with Crippen LogP contribution in [0.2, 0.25) is 20.1 Å². The molecule has 32 nitrogen and oxygen atoms in total. The molecule has 19 rings (SSSR count). The summed E-state index contributed by atoms with van der Waals surface area (Å²) in [5, 5.41) is 18.2. The molecule has 0 bridgehead atoms. The van der Waals surface area contributed by atoms with Crippen molar-refractivity contribution >= 4 is 183 Å². The third kappa shape index (κ3) is 27.9. The summed E-state index contributed by atoms with van der Waals surface area (Å²) in [6.07, 6.45) is 27.1. The number of carbonyl (C=O) groups excluding carboxylic acids is 4. The highest BCUT2D eigenvalue weighted by molar-refractivity contribution is 6.34. The number of rotatable bonds is 32. The highest BCUT2D eigenvalue weighted by Gasteiger charge is 2.49. The van der Waals surface area contributed by atoms with Gasteiger partial charge in [0, 0.05) is 157 Å². The van der Waals surface area contributed by atoms with Gasteiger partial charge in [-0.15, -0.1) is 0 Å². The molecule has 0 radical (unpaired) electrons. The first kappa shape index (κ1) is 116. The third-order valence-corrected chi connectivity index (χ3v) is 29.2. The van der Waals surface area contributed by atoms with Gasteiger partial charge in [-0.3, -0.25) is 38.4 Å². The van der Waals surface area contributed by atoms with Gasteiger partial charge in [0.1, 0.15) is 46.5 Å². The minimum atomic E-state index is -0.254. The second-order valence-corrected chi connectivity index (χ2v) is 41.2. The first-order valence-electron chi connectivity index (χ1n) is 53.8. The van der Waals surface area contributed by atoms with Crippen LogP contribution in [0.15, 0.2) is 141 Å². The van der Waals surface area contributed by atoms with Gasteiger partial charge < -0.3 is 78.1 Å². The van der Waals surface area contributed by atoms with E-state index in [0.717, 1.165) is 132 Å². The maximum Gasteiger partial charge on any atom is 0.293 e. The topological polar surface area (TPSA) is 357 Å². The summed E-state index contributed by atoms with van der Waals surface area (Å²) in [5.41, 5.74) is 6.67. The van der Waals surface area contributed by atoms with E-state index >= 15 is 0 Å². The molecular weight excluding hydrogens is 1980 g/mol. The van der Waals surface area contributed by atoms with Gasteiger partial charge in [-0.1, -0.05) is 162 Å². The van der Waals surface area contributed by atoms with Crippen LogP contribution in [0.5, 0.6) is 23.0 Å². The lowest BCUT2D eigenvalue weighted by Crippen LogP contribution is -2.60. The molecule has 3 saturated carbocycles. The highest BCUT2D eigenvalue weighted by atomic mass is 35.5. The van der Waals surface area contributed by atoms with Crippen LogP contribution in [-0.2, 0) is 19.2 Å². The smallest absolute Gasteiger partial charge is 0.293 e. The van der Waals surface area contributed by atoms with Crippen molar-refractivity contribution in [3.05, 3.63) is 183 Å². The maximum atomic E-state index is 13.1. The third-order valence-electron chi connectivity index (χ3n) is 28.1. The minimum absolute atomic E-state index is 0.0585. The molecule has 4 N–H and O–H groups in total. The van der Waals surface area contributed by atoms with Crippen LogP contribution < -0.4 is 82.1 Å². The van der Waals surface area contributed by atoms with E-state index in [2.05, 4.69) is 70.8 Å². The Hall–Kier alpha value is -12.5. The first-order chi connectivity index (χ1) is 72.2. The lowest BCUT2D eigenvalue weighted by Gasteiger charge is -2.55. The average Bonchev–Trinajstić information content (AvgIpc) is 0.939. The molecule has 0 atom stereocenters. The minimum Gasteiger partial charge on any atom is -0.480 e. The summed E-state index contributed by atoms with van der Waals surface area (Å²) in [4.78, 5) is 145. The maximum absolute atomic E-state index is 13.1. The number of ether oxygens (including phenoxy) is 4. The Labute approximate surface area is 900 Å². The predicted molar refractivity (Wildman–Crippen MR) is 610 cm³/mol. The average molecular weight is 2130 g/mol. The van der Waals surface area contributed by atoms with Crippen LogP contribution >= 0.6 is 46.4 Å². The Morgan fingerprint density at radius 1 is 0.307 bits per heavy atom. The van der Waals surface area contributed by atoms with E-state index in [1.807, 2.05) is 184 Å². The number of anilines is 12. The number of hydrogen-bond acceptors (Lipinski definition) is 28. The molecule has 12 heterocycles. The van der Waals surface area contributed by atoms with Crippen molar-refractivity contribution in [3.8, 4) is 23.0 Å². The van der Waals surface area contributed by atoms with E-state index in [1.54, 1.807) is 95.0 Å². The number of carbonyl (C=O) groups is 4. The van der Waals surface area contributed by atoms with Crippen LogP contribution in [0.25, 0.3) is 43.6 Å². The number of nitrogens with zero attached hydrogens (tertiary/aromatic N) is 16. The number of hydrogen-bond donors (Lipinski definition) is 4. The molecule has 12 aromatic rings. The number of ketones is 4. The lowest BCUT2D eigenvalue weighted by molar-refractivity contribution is -0.121. The fraction of sp³-hybridized carbons (Fsp3) is 0.509. The summed E-state index contributed by atoms with van der Waals surface area (Å²) in [6.45, 7) is 46.0. The van der Waals surface area contributed by atoms with Crippen molar-refractivity contribution in [2.45, 2.75) is 285 Å². The standard InChI is InChI=1S/2C28H34ClN5O3.C26H30ClN5O3.C24H28ClN5O3.4C2H6/c1-4-21(35)17-37-24-15-19-14-20(6-7-23(19)34(18(2)3)26(24)36)31-25-22(29)16-30-27(32-25)33-12-10-28(11-13-33)8-5-9-28;1-4-21(35)15-37-24-13-19-12-20(8-9-23(19)34(18(2)3)26(24)36)31-25-22(29)14-30-27(32-25)33-16-28(17-33)10-6-5-7-11-28;1-4-19(33)13-35-22-11-17-10-18(6-7-21(17)32(16(2)3)24(22)34)29-23-20(27)12-28-25(30-23)31-14-26(15-31)8-5-9-26;1-4-18(31)14-33-21-12-16-11-17(7-8-20(16)30(15(2)3)23(21)32)27-22-19(25)13-26-24(28-22)29-9-5-6-10-29;4*1-2/h6-7,14-16,18H,4-5,8-13,17H2,1-3H3,(H,30,31,32);8-9,12-14,18H,4-7,10-11,15-17H2,1-3H3,(H,30,31,32);6-7,10-12,16H,4-5,8-9,13-15H2,1-3H3,(H,28,29,30);7-8,11-13,15H,4-6,9-10,14H2,1-3H3,(H,26,27,28);4*1-2H3. The van der Waals surface area contributed by atoms with Crippen molar-refractivity contribution in [1.29, 1.82) is 0 Å². The molecule has 4 aromatic carbocycles. The summed E-state index contributed by atoms with van der Waals surface area (Å²) >= 11 is 25.7. The second kappa shape index (κ2) is 53.5. The van der Waals surface area contributed by atoms with Crippen LogP contribution in [0.3, 0.4) is 0 Å². The van der Waals surface area contributed by atoms with Crippen molar-refractivity contribution < 1.29 is 38.1 Å². The van der Waals surface area contributed by atoms with Crippen LogP contribution in [-0.4, -0.2) is 160 Å². The van der Waals surface area contributed by atoms with E-state index in [-0.39, 0.29) is 119 Å². The van der Waals surface area contributed by atoms with E-state index in [1.165, 1.54) is 83.5 Å². The summed E-state index contributed by atoms with van der Waals surface area (Å²) in [6, 6.07) is 29.3. The van der Waals surface area contributed by atoms with E-state index in [4.69, 9.17) is 75.3 Å². The molecule has 3 spiro atoms. The highest BCUT2D eigenvalue weighted by Crippen LogP contribution is 2.51. The largest absolute Gasteiger partial charge is 0.480 e. The Kier molecular flexibility index (Phi) is 41.4. The fourth-order valence-corrected chi connectivity index (χ4v) is 20.3. The second-order valence-electron chi connectivity index (χ2n) is 39.6. The van der Waals surface area contributed by atoms with Gasteiger partial charge in [-0.25, -0.2) is 19.9 Å². The Bertz CT molecular complexity index is 6960. The van der Waals surface area contributed by atoms with Gasteiger partial charge in [0.05, 0.1) is 46.9 Å². The van der Waals surface area contributed by atoms with Crippen molar-refractivity contribution in [2.75, 3.05) is 120 Å². The monoisotopic (exact) mass is 2130 g/mol. The number of aromatic nitrogens is 12. The van der Waals surface area contributed by atoms with E-state index in [9.17, 15) is 38.4 Å². The summed E-state index contributed by atoms with van der Waals surface area (Å²) < 4.78 is 29.2. The molecule has 150 heavy (non-hydrogen) atoms. The number of halogens is 4. The number of Topliss-reactive ketones (excluding diaryl/α,β-unsaturated/α-hetero) is 4. The molecule has 0 unspecified atom stereocenters. The van der Waals surface area contributed by atoms with Crippen molar-refractivity contribution in [3.63, 3.8) is 0 Å². The number of piperidine rings is 1. The van der Waals surface area contributed by atoms with Crippen LogP contribution in [0.4, 0.5) is 69.8 Å². The normalized spacial score (nSPS) is 15.2. The van der Waals surface area contributed by atoms with Gasteiger partial charge in [-0.05, 0) is 222 Å². The molecule has 7 aliphatic rings. The van der Waals surface area contributed by atoms with Crippen molar-refractivity contribution in [2.24, 2.45) is 16.2 Å². The van der Waals surface area contributed by atoms with Gasteiger partial charge in [0.15, 0.2) is 69.4 Å². The molecule has 3 aliphatic carbocycles. The zero-order chi connectivity index (χ0) is 109. The zero-order valence-corrected chi connectivity index (χ0v) is 93.9. The quantitative estimate of drug-likeness (QED) is 0.0304. The van der Waals surface area contributed by atoms with Gasteiger partial charge in [0.25, 0.3) is 22.2 Å². The van der Waals surface area contributed by atoms with Crippen molar-refractivity contribution in [1.82, 2.24) is 58.1 Å². The Morgan fingerprint density at radius 2 is 0.540 bits per heavy atom. The van der Waals surface area contributed by atoms with Crippen LogP contribution in [0, 0.1) is 16.2 Å². The Morgan fingerprint density at radius 3 is 0.767 bits per heavy atom. The molecule has 4 saturated heterocycles. The number of pyridine rings is 4. The van der Waals surface area contributed by atoms with Gasteiger partial charge in [0.2, 0.25) is 23.8 Å². The molecule has 4 aliphatic heterocycles. The lowest BCUT2D eigenvalue weighted by atomic mass is 9.63. The molecule has 7 fully saturated rings. The van der Waals surface area contributed by atoms with Gasteiger partial charge >= 0.3 is 0 Å². The van der Waals surface area contributed by atoms with E-state index < -0.39 is 0 Å². The summed E-state index contributed by atoms with van der Waals surface area (Å²) in [5.74, 6) is 5.26. The SMILES string of the molecule is CC.CC.CC.CC.CCC(=O)COc1cc2cc(Nc3nc(N4CC5(CCC5)C4)ncc3Cl)ccc2n(C(C)C)c1=O.CCC(=O)COc1cc2cc(Nc3nc(N4CC5(CCCCC5)C4)ncc3Cl)ccc2n(C(C)C)c1=O.CCC(=O)COc1cc2cc(Nc3nc(N4CCC5(CCC5)CC4)ncc3Cl)ccc2n(C(C)C)c1=O.CCC(=O)COc1cc2cc(Nc3nc(N4CCCC4)ncc3Cl)ccc2n(C(C)C)c1=O. The fourth-order valence-electron chi connectivity index (χ4n) is 19.7. The zero-order valence-electron chi connectivity index (χ0n) is 90.8. The molecule has 36 heteroatoms.